The molecule has 0 atom stereocenters. The van der Waals surface area contributed by atoms with Crippen molar-refractivity contribution in [2.45, 2.75) is 156 Å². The van der Waals surface area contributed by atoms with E-state index in [9.17, 15) is 10.2 Å². The average molecular weight is 805 g/mol. The molecule has 0 aromatic heterocycles. The van der Waals surface area contributed by atoms with Crippen LogP contribution in [0.2, 0.25) is 0 Å². The monoisotopic (exact) mass is 805 g/mol. The maximum atomic E-state index is 9.28. The van der Waals surface area contributed by atoms with E-state index in [2.05, 4.69) is 64.1 Å². The summed E-state index contributed by atoms with van der Waals surface area (Å²) in [6, 6.07) is 13.0. The molecule has 8 heteroatoms. The van der Waals surface area contributed by atoms with Crippen LogP contribution in [-0.4, -0.2) is 63.1 Å². The molecule has 0 aliphatic rings. The second kappa shape index (κ2) is 28.0. The second-order valence-electron chi connectivity index (χ2n) is 15.7. The minimum Gasteiger partial charge on any atom is -0.490 e. The lowest BCUT2D eigenvalue weighted by molar-refractivity contribution is 0.255. The van der Waals surface area contributed by atoms with Crippen LogP contribution in [0, 0.1) is 0 Å². The van der Waals surface area contributed by atoms with E-state index in [1.807, 2.05) is 0 Å². The van der Waals surface area contributed by atoms with Crippen molar-refractivity contribution in [3.8, 4) is 34.5 Å². The summed E-state index contributed by atoms with van der Waals surface area (Å²) in [4.78, 5) is 0. The van der Waals surface area contributed by atoms with Gasteiger partial charge in [-0.2, -0.15) is 0 Å². The smallest absolute Gasteiger partial charge is 0.161 e. The number of aliphatic hydroxyl groups excluding tert-OH is 2. The zero-order valence-corrected chi connectivity index (χ0v) is 36.6. The molecule has 0 amide bonds. The molecule has 0 unspecified atom stereocenters. The molecule has 58 heavy (non-hydrogen) atoms. The van der Waals surface area contributed by atoms with Gasteiger partial charge in [0.25, 0.3) is 0 Å². The molecule has 0 fully saturated rings. The van der Waals surface area contributed by atoms with Crippen molar-refractivity contribution in [1.29, 1.82) is 0 Å². The molecule has 4 rings (SSSR count). The highest BCUT2D eigenvalue weighted by Gasteiger charge is 2.20. The normalized spacial score (nSPS) is 11.5. The second-order valence-corrected chi connectivity index (χ2v) is 15.7. The predicted molar refractivity (Wildman–Crippen MR) is 241 cm³/mol. The maximum Gasteiger partial charge on any atom is 0.161 e. The molecule has 4 aromatic carbocycles. The first-order valence-corrected chi connectivity index (χ1v) is 23.1. The van der Waals surface area contributed by atoms with Gasteiger partial charge in [-0.1, -0.05) is 91.9 Å². The number of benzene rings is 4. The van der Waals surface area contributed by atoms with Crippen LogP contribution >= 0.6 is 0 Å². The molecule has 0 saturated heterocycles. The number of hydrogen-bond acceptors (Lipinski definition) is 8. The fourth-order valence-corrected chi connectivity index (χ4v) is 7.33. The highest BCUT2D eigenvalue weighted by atomic mass is 16.5. The van der Waals surface area contributed by atoms with Gasteiger partial charge in [0.15, 0.2) is 34.5 Å². The summed E-state index contributed by atoms with van der Waals surface area (Å²) in [6.45, 7) is 12.9. The van der Waals surface area contributed by atoms with Gasteiger partial charge in [-0.15, -0.1) is 0 Å². The Morgan fingerprint density at radius 3 is 0.655 bits per heavy atom. The number of fused-ring (bicyclic) bond motifs is 6. The van der Waals surface area contributed by atoms with E-state index >= 15 is 0 Å². The lowest BCUT2D eigenvalue weighted by Gasteiger charge is -2.21. The lowest BCUT2D eigenvalue weighted by Crippen LogP contribution is -2.05. The Hall–Kier alpha value is -3.62. The third-order valence-electron chi connectivity index (χ3n) is 10.8. The Balaban J connectivity index is 1.95. The molecule has 2 N–H and O–H groups in total. The Morgan fingerprint density at radius 2 is 0.466 bits per heavy atom. The Morgan fingerprint density at radius 1 is 0.276 bits per heavy atom. The number of ether oxygens (including phenoxy) is 6. The molecule has 324 valence electrons. The van der Waals surface area contributed by atoms with Crippen LogP contribution in [0.1, 0.15) is 156 Å². The van der Waals surface area contributed by atoms with Gasteiger partial charge in [0.05, 0.1) is 39.6 Å². The van der Waals surface area contributed by atoms with Gasteiger partial charge in [0.1, 0.15) is 0 Å². The van der Waals surface area contributed by atoms with Crippen molar-refractivity contribution in [2.24, 2.45) is 0 Å². The summed E-state index contributed by atoms with van der Waals surface area (Å²) in [6.07, 6.45) is 20.3. The first kappa shape index (κ1) is 47.1. The van der Waals surface area contributed by atoms with Gasteiger partial charge < -0.3 is 38.6 Å². The van der Waals surface area contributed by atoms with E-state index in [0.29, 0.717) is 39.6 Å². The van der Waals surface area contributed by atoms with E-state index in [0.717, 1.165) is 195 Å². The quantitative estimate of drug-likeness (QED) is 0.0356. The first-order chi connectivity index (χ1) is 28.6. The van der Waals surface area contributed by atoms with Crippen LogP contribution in [0.15, 0.2) is 36.4 Å². The molecule has 0 spiro atoms. The largest absolute Gasteiger partial charge is 0.490 e. The van der Waals surface area contributed by atoms with Gasteiger partial charge in [-0.25, -0.2) is 0 Å². The zero-order chi connectivity index (χ0) is 41.2. The van der Waals surface area contributed by atoms with Gasteiger partial charge in [0.2, 0.25) is 0 Å². The molecule has 0 aliphatic carbocycles. The van der Waals surface area contributed by atoms with Crippen LogP contribution in [0.5, 0.6) is 34.5 Å². The van der Waals surface area contributed by atoms with Crippen LogP contribution < -0.4 is 28.4 Å². The highest BCUT2D eigenvalue weighted by Crippen LogP contribution is 2.47. The fourth-order valence-electron chi connectivity index (χ4n) is 7.33. The number of rotatable bonds is 34. The summed E-state index contributed by atoms with van der Waals surface area (Å²) < 4.78 is 39.3. The minimum absolute atomic E-state index is 0.225. The summed E-state index contributed by atoms with van der Waals surface area (Å²) in [5, 5.41) is 24.9. The molecule has 0 radical (unpaired) electrons. The van der Waals surface area contributed by atoms with Crippen LogP contribution in [0.4, 0.5) is 0 Å². The lowest BCUT2D eigenvalue weighted by atomic mass is 9.93. The summed E-state index contributed by atoms with van der Waals surface area (Å²) in [5.74, 6) is 4.52. The van der Waals surface area contributed by atoms with E-state index in [-0.39, 0.29) is 13.2 Å². The van der Waals surface area contributed by atoms with Gasteiger partial charge in [-0.05, 0) is 133 Å². The SMILES string of the molecule is CCCCCOc1cc2c(cc1OCCCCC)c1cc(OCCCCCCO)c(OCCCCC)cc1c1cc(OCCCCC)c(OCCCCCCO)cc21. The zero-order valence-electron chi connectivity index (χ0n) is 36.6. The number of hydrogen-bond donors (Lipinski definition) is 2. The van der Waals surface area contributed by atoms with Crippen molar-refractivity contribution >= 4 is 32.3 Å². The molecule has 0 aliphatic heterocycles. The van der Waals surface area contributed by atoms with E-state index in [4.69, 9.17) is 28.4 Å². The first-order valence-electron chi connectivity index (χ1n) is 23.1. The molecule has 0 saturated carbocycles. The average Bonchev–Trinajstić information content (AvgIpc) is 3.24. The molecular formula is C50H76O8. The van der Waals surface area contributed by atoms with Crippen molar-refractivity contribution in [3.05, 3.63) is 36.4 Å². The third kappa shape index (κ3) is 14.9. The van der Waals surface area contributed by atoms with Crippen molar-refractivity contribution < 1.29 is 38.6 Å². The third-order valence-corrected chi connectivity index (χ3v) is 10.8. The molecular weight excluding hydrogens is 729 g/mol. The van der Waals surface area contributed by atoms with Gasteiger partial charge in [-0.3, -0.25) is 0 Å². The van der Waals surface area contributed by atoms with E-state index in [1.54, 1.807) is 0 Å². The molecule has 0 heterocycles. The maximum absolute atomic E-state index is 9.28. The summed E-state index contributed by atoms with van der Waals surface area (Å²) in [7, 11) is 0. The molecule has 4 aromatic rings. The Bertz CT molecular complexity index is 1590. The summed E-state index contributed by atoms with van der Waals surface area (Å²) >= 11 is 0. The minimum atomic E-state index is 0.225. The predicted octanol–water partition coefficient (Wildman–Crippen LogP) is 13.3. The van der Waals surface area contributed by atoms with Crippen molar-refractivity contribution in [2.75, 3.05) is 52.9 Å². The number of aliphatic hydroxyl groups is 2. The Kier molecular flexibility index (Phi) is 22.7. The standard InChI is InChI=1S/C50H76O8/c1-5-9-19-27-53-45-33-39-40(34-46(45)54-28-20-10-6-2)44-38-50(58-32-24-16-14-18-26-52)48(56-30-22-12-8-4)36-42(44)41-35-47(55-29-21-11-7-3)49(37-43(39)41)57-31-23-15-13-17-25-51/h33-38,51-52H,5-32H2,1-4H3. The fraction of sp³-hybridized carbons (Fsp3) is 0.640. The topological polar surface area (TPSA) is 95.8 Å². The highest BCUT2D eigenvalue weighted by molar-refractivity contribution is 6.26. The van der Waals surface area contributed by atoms with Gasteiger partial charge >= 0.3 is 0 Å². The Labute approximate surface area is 349 Å². The van der Waals surface area contributed by atoms with E-state index in [1.165, 1.54) is 0 Å². The van der Waals surface area contributed by atoms with Crippen molar-refractivity contribution in [1.82, 2.24) is 0 Å². The molecule has 8 nitrogen and oxygen atoms in total. The van der Waals surface area contributed by atoms with Gasteiger partial charge in [0, 0.05) is 13.2 Å². The van der Waals surface area contributed by atoms with Crippen LogP contribution in [0.3, 0.4) is 0 Å². The van der Waals surface area contributed by atoms with Crippen LogP contribution in [-0.2, 0) is 0 Å². The summed E-state index contributed by atoms with van der Waals surface area (Å²) in [5.41, 5.74) is 0. The van der Waals surface area contributed by atoms with Crippen LogP contribution in [0.25, 0.3) is 32.3 Å². The number of unbranched alkanes of at least 4 members (excludes halogenated alkanes) is 14. The van der Waals surface area contributed by atoms with E-state index < -0.39 is 0 Å². The van der Waals surface area contributed by atoms with Crippen molar-refractivity contribution in [3.63, 3.8) is 0 Å². The molecule has 0 bridgehead atoms.